The van der Waals surface area contributed by atoms with Crippen LogP contribution in [0, 0.1) is 5.92 Å². The van der Waals surface area contributed by atoms with E-state index < -0.39 is 0 Å². The van der Waals surface area contributed by atoms with Crippen LogP contribution in [0.3, 0.4) is 0 Å². The van der Waals surface area contributed by atoms with Crippen LogP contribution in [0.15, 0.2) is 72.3 Å². The Hall–Kier alpha value is -2.16. The second-order valence-corrected chi connectivity index (χ2v) is 6.38. The molecule has 1 unspecified atom stereocenters. The molecule has 2 aromatic rings. The maximum atomic E-state index is 5.87. The van der Waals surface area contributed by atoms with E-state index >= 15 is 0 Å². The lowest BCUT2D eigenvalue weighted by molar-refractivity contribution is 0.639. The summed E-state index contributed by atoms with van der Waals surface area (Å²) >= 11 is 0. The first-order valence-electron chi connectivity index (χ1n) is 8.72. The van der Waals surface area contributed by atoms with E-state index in [1.54, 1.807) is 0 Å². The van der Waals surface area contributed by atoms with Gasteiger partial charge in [-0.2, -0.15) is 0 Å². The van der Waals surface area contributed by atoms with Gasteiger partial charge in [0.2, 0.25) is 0 Å². The van der Waals surface area contributed by atoms with E-state index in [4.69, 9.17) is 11.5 Å². The molecular formula is C22H26N2. The average molecular weight is 318 g/mol. The number of hydrogen-bond acceptors (Lipinski definition) is 2. The van der Waals surface area contributed by atoms with Crippen molar-refractivity contribution in [1.82, 2.24) is 0 Å². The molecule has 24 heavy (non-hydrogen) atoms. The van der Waals surface area contributed by atoms with Crippen LogP contribution < -0.4 is 11.5 Å². The predicted octanol–water partition coefficient (Wildman–Crippen LogP) is 4.26. The molecule has 1 aliphatic rings. The third-order valence-electron chi connectivity index (χ3n) is 4.92. The fourth-order valence-corrected chi connectivity index (χ4v) is 3.65. The molecule has 0 radical (unpaired) electrons. The van der Waals surface area contributed by atoms with E-state index in [0.717, 1.165) is 6.42 Å². The Morgan fingerprint density at radius 1 is 0.917 bits per heavy atom. The number of nitrogens with two attached hydrogens (primary N) is 2. The van der Waals surface area contributed by atoms with E-state index in [1.807, 2.05) is 0 Å². The second-order valence-electron chi connectivity index (χ2n) is 6.38. The SMILES string of the molecule is CCC1=CC=CC1C(c1cccc(CN)c1)c1cccc(CN)c1. The lowest BCUT2D eigenvalue weighted by Gasteiger charge is -2.27. The van der Waals surface area contributed by atoms with Gasteiger partial charge in [-0.3, -0.25) is 0 Å². The van der Waals surface area contributed by atoms with Crippen LogP contribution >= 0.6 is 0 Å². The minimum absolute atomic E-state index is 0.299. The van der Waals surface area contributed by atoms with E-state index in [1.165, 1.54) is 27.8 Å². The van der Waals surface area contributed by atoms with Crippen molar-refractivity contribution in [1.29, 1.82) is 0 Å². The van der Waals surface area contributed by atoms with Gasteiger partial charge in [-0.15, -0.1) is 0 Å². The third kappa shape index (κ3) is 3.35. The molecule has 0 fully saturated rings. The van der Waals surface area contributed by atoms with Gasteiger partial charge >= 0.3 is 0 Å². The second kappa shape index (κ2) is 7.61. The Bertz CT molecular complexity index is 711. The van der Waals surface area contributed by atoms with E-state index in [2.05, 4.69) is 73.7 Å². The molecule has 2 nitrogen and oxygen atoms in total. The van der Waals surface area contributed by atoms with E-state index in [0.29, 0.717) is 24.9 Å². The summed E-state index contributed by atoms with van der Waals surface area (Å²) in [6.45, 7) is 3.37. The highest BCUT2D eigenvalue weighted by atomic mass is 14.5. The van der Waals surface area contributed by atoms with Gasteiger partial charge in [0.1, 0.15) is 0 Å². The topological polar surface area (TPSA) is 52.0 Å². The Morgan fingerprint density at radius 2 is 1.50 bits per heavy atom. The fourth-order valence-electron chi connectivity index (χ4n) is 3.65. The highest BCUT2D eigenvalue weighted by molar-refractivity contribution is 5.43. The molecule has 0 bridgehead atoms. The highest BCUT2D eigenvalue weighted by Crippen LogP contribution is 2.40. The maximum Gasteiger partial charge on any atom is 0.0190 e. The number of rotatable bonds is 6. The zero-order valence-corrected chi connectivity index (χ0v) is 14.3. The summed E-state index contributed by atoms with van der Waals surface area (Å²) in [5, 5.41) is 0. The van der Waals surface area contributed by atoms with Crippen LogP contribution in [0.2, 0.25) is 0 Å². The summed E-state index contributed by atoms with van der Waals surface area (Å²) in [7, 11) is 0. The number of benzene rings is 2. The van der Waals surface area contributed by atoms with Gasteiger partial charge in [0, 0.05) is 24.9 Å². The molecule has 0 saturated heterocycles. The normalized spacial score (nSPS) is 16.7. The Labute approximate surface area is 144 Å². The number of allylic oxidation sites excluding steroid dienone is 4. The first-order valence-corrected chi connectivity index (χ1v) is 8.72. The standard InChI is InChI=1S/C22H26N2/c1-2-18-8-5-11-21(18)22(19-9-3-6-16(12-19)14-23)20-10-4-7-17(13-20)15-24/h3-13,21-22H,2,14-15,23-24H2,1H3. The minimum Gasteiger partial charge on any atom is -0.326 e. The number of hydrogen-bond donors (Lipinski definition) is 2. The quantitative estimate of drug-likeness (QED) is 0.836. The van der Waals surface area contributed by atoms with Crippen molar-refractivity contribution in [3.8, 4) is 0 Å². The van der Waals surface area contributed by atoms with Crippen LogP contribution in [0.1, 0.15) is 41.5 Å². The summed E-state index contributed by atoms with van der Waals surface area (Å²) in [5.41, 5.74) is 18.2. The molecule has 2 heteroatoms. The van der Waals surface area contributed by atoms with Gasteiger partial charge in [0.15, 0.2) is 0 Å². The molecular weight excluding hydrogens is 292 g/mol. The molecule has 0 amide bonds. The van der Waals surface area contributed by atoms with Gasteiger partial charge in [0.05, 0.1) is 0 Å². The summed E-state index contributed by atoms with van der Waals surface area (Å²) in [6, 6.07) is 17.4. The largest absolute Gasteiger partial charge is 0.326 e. The summed E-state index contributed by atoms with van der Waals surface area (Å²) < 4.78 is 0. The molecule has 0 aliphatic heterocycles. The molecule has 1 aliphatic carbocycles. The van der Waals surface area contributed by atoms with Crippen molar-refractivity contribution in [2.24, 2.45) is 17.4 Å². The van der Waals surface area contributed by atoms with Crippen LogP contribution in [0.4, 0.5) is 0 Å². The molecule has 4 N–H and O–H groups in total. The zero-order chi connectivity index (χ0) is 16.9. The minimum atomic E-state index is 0.299. The Balaban J connectivity index is 2.09. The van der Waals surface area contributed by atoms with Crippen molar-refractivity contribution in [3.63, 3.8) is 0 Å². The Morgan fingerprint density at radius 3 is 2.00 bits per heavy atom. The van der Waals surface area contributed by atoms with Gasteiger partial charge in [-0.1, -0.05) is 79.3 Å². The Kier molecular flexibility index (Phi) is 5.29. The van der Waals surface area contributed by atoms with Crippen molar-refractivity contribution < 1.29 is 0 Å². The first kappa shape index (κ1) is 16.7. The van der Waals surface area contributed by atoms with Gasteiger partial charge < -0.3 is 11.5 Å². The fraction of sp³-hybridized carbons (Fsp3) is 0.273. The maximum absolute atomic E-state index is 5.87. The lowest BCUT2D eigenvalue weighted by Crippen LogP contribution is -2.14. The molecule has 0 aromatic heterocycles. The van der Waals surface area contributed by atoms with Gasteiger partial charge in [-0.25, -0.2) is 0 Å². The van der Waals surface area contributed by atoms with Crippen molar-refractivity contribution in [2.75, 3.05) is 0 Å². The third-order valence-corrected chi connectivity index (χ3v) is 4.92. The van der Waals surface area contributed by atoms with Gasteiger partial charge in [0.25, 0.3) is 0 Å². The van der Waals surface area contributed by atoms with Crippen LogP contribution in [0.25, 0.3) is 0 Å². The van der Waals surface area contributed by atoms with Crippen LogP contribution in [0.5, 0.6) is 0 Å². The molecule has 1 atom stereocenters. The first-order chi connectivity index (χ1) is 11.8. The molecule has 0 saturated carbocycles. The zero-order valence-electron chi connectivity index (χ0n) is 14.3. The molecule has 0 spiro atoms. The van der Waals surface area contributed by atoms with E-state index in [-0.39, 0.29) is 0 Å². The predicted molar refractivity (Wildman–Crippen MR) is 102 cm³/mol. The molecule has 3 rings (SSSR count). The summed E-state index contributed by atoms with van der Waals surface area (Å²) in [4.78, 5) is 0. The summed E-state index contributed by atoms with van der Waals surface area (Å²) in [5.74, 6) is 0.698. The highest BCUT2D eigenvalue weighted by Gasteiger charge is 2.27. The van der Waals surface area contributed by atoms with Gasteiger partial charge in [-0.05, 0) is 28.7 Å². The van der Waals surface area contributed by atoms with Crippen molar-refractivity contribution in [3.05, 3.63) is 94.6 Å². The van der Waals surface area contributed by atoms with Crippen LogP contribution in [-0.2, 0) is 13.1 Å². The molecule has 0 heterocycles. The van der Waals surface area contributed by atoms with E-state index in [9.17, 15) is 0 Å². The van der Waals surface area contributed by atoms with Crippen molar-refractivity contribution in [2.45, 2.75) is 32.4 Å². The molecule has 124 valence electrons. The summed E-state index contributed by atoms with van der Waals surface area (Å²) in [6.07, 6.45) is 7.85. The smallest absolute Gasteiger partial charge is 0.0190 e. The lowest BCUT2D eigenvalue weighted by atomic mass is 9.77. The average Bonchev–Trinajstić information content (AvgIpc) is 3.10. The molecule has 2 aromatic carbocycles. The van der Waals surface area contributed by atoms with Crippen LogP contribution in [-0.4, -0.2) is 0 Å². The monoisotopic (exact) mass is 318 g/mol. The van der Waals surface area contributed by atoms with Crippen molar-refractivity contribution >= 4 is 0 Å².